The van der Waals surface area contributed by atoms with Gasteiger partial charge in [0.05, 0.1) is 12.1 Å². The summed E-state index contributed by atoms with van der Waals surface area (Å²) >= 11 is 1.42. The minimum atomic E-state index is -0.0830. The Morgan fingerprint density at radius 2 is 2.20 bits per heavy atom. The van der Waals surface area contributed by atoms with Gasteiger partial charge in [0.25, 0.3) is 0 Å². The number of nitrogens with one attached hydrogen (secondary N) is 1. The van der Waals surface area contributed by atoms with Crippen LogP contribution in [0.3, 0.4) is 0 Å². The third-order valence-corrected chi connectivity index (χ3v) is 5.48. The standard InChI is InChI=1S/C19H23N3O2S/c1-3-13(2)15-7-4-5-8-16(15)21-17(23)11-14-12-25-19(20-14)22-10-6-9-18(22)24/h4-5,7-8,12-13H,3,6,9-11H2,1-2H3,(H,21,23)/t13-/m0/s1. The zero-order valence-corrected chi connectivity index (χ0v) is 15.4. The number of rotatable bonds is 6. The van der Waals surface area contributed by atoms with Gasteiger partial charge in [0, 0.05) is 24.0 Å². The van der Waals surface area contributed by atoms with Gasteiger partial charge in [-0.25, -0.2) is 4.98 Å². The van der Waals surface area contributed by atoms with Crippen molar-refractivity contribution >= 4 is 34.0 Å². The van der Waals surface area contributed by atoms with E-state index in [2.05, 4.69) is 30.2 Å². The van der Waals surface area contributed by atoms with Gasteiger partial charge in [-0.3, -0.25) is 14.5 Å². The summed E-state index contributed by atoms with van der Waals surface area (Å²) < 4.78 is 0. The maximum Gasteiger partial charge on any atom is 0.230 e. The van der Waals surface area contributed by atoms with Gasteiger partial charge in [0.15, 0.2) is 5.13 Å². The Morgan fingerprint density at radius 1 is 1.40 bits per heavy atom. The summed E-state index contributed by atoms with van der Waals surface area (Å²) in [6.45, 7) is 5.02. The first-order valence-corrected chi connectivity index (χ1v) is 9.60. The molecule has 6 heteroatoms. The summed E-state index contributed by atoms with van der Waals surface area (Å²) in [6.07, 6.45) is 2.70. The van der Waals surface area contributed by atoms with Gasteiger partial charge in [0.2, 0.25) is 11.8 Å². The van der Waals surface area contributed by atoms with Crippen molar-refractivity contribution in [1.82, 2.24) is 4.98 Å². The lowest BCUT2D eigenvalue weighted by atomic mass is 9.97. The summed E-state index contributed by atoms with van der Waals surface area (Å²) in [5.41, 5.74) is 2.73. The number of anilines is 2. The van der Waals surface area contributed by atoms with Crippen LogP contribution in [0.25, 0.3) is 0 Å². The van der Waals surface area contributed by atoms with E-state index in [1.807, 2.05) is 23.6 Å². The van der Waals surface area contributed by atoms with Gasteiger partial charge in [-0.2, -0.15) is 0 Å². The largest absolute Gasteiger partial charge is 0.325 e. The highest BCUT2D eigenvalue weighted by molar-refractivity contribution is 7.14. The van der Waals surface area contributed by atoms with E-state index in [-0.39, 0.29) is 18.2 Å². The molecule has 1 fully saturated rings. The molecule has 1 aliphatic rings. The van der Waals surface area contributed by atoms with E-state index in [9.17, 15) is 9.59 Å². The number of nitrogens with zero attached hydrogens (tertiary/aromatic N) is 2. The van der Waals surface area contributed by atoms with E-state index < -0.39 is 0 Å². The molecule has 1 N–H and O–H groups in total. The summed E-state index contributed by atoms with van der Waals surface area (Å²) in [5, 5.41) is 5.57. The van der Waals surface area contributed by atoms with Gasteiger partial charge >= 0.3 is 0 Å². The number of hydrogen-bond donors (Lipinski definition) is 1. The maximum atomic E-state index is 12.4. The average molecular weight is 357 g/mol. The number of carbonyl (C=O) groups is 2. The zero-order valence-electron chi connectivity index (χ0n) is 14.6. The fourth-order valence-electron chi connectivity index (χ4n) is 2.97. The first-order chi connectivity index (χ1) is 12.1. The number of thiazole rings is 1. The lowest BCUT2D eigenvalue weighted by Crippen LogP contribution is -2.23. The molecule has 2 heterocycles. The van der Waals surface area contributed by atoms with Crippen LogP contribution in [0, 0.1) is 0 Å². The molecule has 0 saturated carbocycles. The van der Waals surface area contributed by atoms with Gasteiger partial charge in [0.1, 0.15) is 0 Å². The highest BCUT2D eigenvalue weighted by atomic mass is 32.1. The highest BCUT2D eigenvalue weighted by Crippen LogP contribution is 2.28. The molecule has 5 nitrogen and oxygen atoms in total. The lowest BCUT2D eigenvalue weighted by Gasteiger charge is -2.15. The maximum absolute atomic E-state index is 12.4. The van der Waals surface area contributed by atoms with Gasteiger partial charge in [-0.1, -0.05) is 32.0 Å². The van der Waals surface area contributed by atoms with E-state index in [4.69, 9.17) is 0 Å². The summed E-state index contributed by atoms with van der Waals surface area (Å²) in [6, 6.07) is 7.93. The van der Waals surface area contributed by atoms with Crippen LogP contribution in [0.1, 0.15) is 50.3 Å². The van der Waals surface area contributed by atoms with E-state index >= 15 is 0 Å². The third-order valence-electron chi connectivity index (χ3n) is 4.56. The van der Waals surface area contributed by atoms with E-state index in [1.54, 1.807) is 4.90 Å². The lowest BCUT2D eigenvalue weighted by molar-refractivity contribution is -0.117. The number of benzene rings is 1. The third kappa shape index (κ3) is 4.07. The molecule has 0 aliphatic carbocycles. The predicted octanol–water partition coefficient (Wildman–Crippen LogP) is 3.96. The Morgan fingerprint density at radius 3 is 2.92 bits per heavy atom. The van der Waals surface area contributed by atoms with E-state index in [0.29, 0.717) is 23.2 Å². The fourth-order valence-corrected chi connectivity index (χ4v) is 3.84. The highest BCUT2D eigenvalue weighted by Gasteiger charge is 2.24. The second-order valence-corrected chi connectivity index (χ2v) is 7.23. The molecule has 0 radical (unpaired) electrons. The van der Waals surface area contributed by atoms with Crippen molar-refractivity contribution in [3.8, 4) is 0 Å². The molecule has 0 unspecified atom stereocenters. The van der Waals surface area contributed by atoms with Crippen molar-refractivity contribution in [2.75, 3.05) is 16.8 Å². The Hall–Kier alpha value is -2.21. The molecule has 1 aromatic heterocycles. The Labute approximate surface area is 152 Å². The summed E-state index contributed by atoms with van der Waals surface area (Å²) in [5.74, 6) is 0.428. The van der Waals surface area contributed by atoms with Crippen LogP contribution in [0.2, 0.25) is 0 Å². The molecule has 2 amide bonds. The van der Waals surface area contributed by atoms with Crippen molar-refractivity contribution < 1.29 is 9.59 Å². The monoisotopic (exact) mass is 357 g/mol. The molecule has 2 aromatic rings. The van der Waals surface area contributed by atoms with Gasteiger partial charge < -0.3 is 5.32 Å². The molecule has 0 spiro atoms. The number of para-hydroxylation sites is 1. The quantitative estimate of drug-likeness (QED) is 0.851. The normalized spacial score (nSPS) is 15.4. The van der Waals surface area contributed by atoms with E-state index in [1.165, 1.54) is 11.3 Å². The van der Waals surface area contributed by atoms with Gasteiger partial charge in [-0.05, 0) is 30.4 Å². The van der Waals surface area contributed by atoms with Crippen LogP contribution in [0.4, 0.5) is 10.8 Å². The number of hydrogen-bond acceptors (Lipinski definition) is 4. The average Bonchev–Trinajstić information content (AvgIpc) is 3.23. The van der Waals surface area contributed by atoms with Gasteiger partial charge in [-0.15, -0.1) is 11.3 Å². The first kappa shape index (κ1) is 17.6. The Kier molecular flexibility index (Phi) is 5.48. The van der Waals surface area contributed by atoms with Crippen LogP contribution in [0.15, 0.2) is 29.6 Å². The summed E-state index contributed by atoms with van der Waals surface area (Å²) in [7, 11) is 0. The molecule has 3 rings (SSSR count). The second kappa shape index (κ2) is 7.78. The number of carbonyl (C=O) groups excluding carboxylic acids is 2. The predicted molar refractivity (Wildman–Crippen MR) is 101 cm³/mol. The molecule has 1 aliphatic heterocycles. The molecule has 1 aromatic carbocycles. The second-order valence-electron chi connectivity index (χ2n) is 6.39. The van der Waals surface area contributed by atoms with Crippen LogP contribution in [0.5, 0.6) is 0 Å². The smallest absolute Gasteiger partial charge is 0.230 e. The fraction of sp³-hybridized carbons (Fsp3) is 0.421. The number of aromatic nitrogens is 1. The Balaban J connectivity index is 1.66. The van der Waals surface area contributed by atoms with E-state index in [0.717, 1.165) is 30.6 Å². The van der Waals surface area contributed by atoms with Crippen LogP contribution in [-0.4, -0.2) is 23.3 Å². The topological polar surface area (TPSA) is 62.3 Å². The van der Waals surface area contributed by atoms with Crippen LogP contribution >= 0.6 is 11.3 Å². The first-order valence-electron chi connectivity index (χ1n) is 8.72. The SMILES string of the molecule is CC[C@H](C)c1ccccc1NC(=O)Cc1csc(N2CCCC2=O)n1. The minimum absolute atomic E-state index is 0.0830. The zero-order chi connectivity index (χ0) is 17.8. The summed E-state index contributed by atoms with van der Waals surface area (Å²) in [4.78, 5) is 30.4. The molecule has 1 saturated heterocycles. The van der Waals surface area contributed by atoms with Crippen molar-refractivity contribution in [3.05, 3.63) is 40.9 Å². The molecule has 25 heavy (non-hydrogen) atoms. The molecular weight excluding hydrogens is 334 g/mol. The van der Waals surface area contributed by atoms with Crippen molar-refractivity contribution in [1.29, 1.82) is 0 Å². The molecule has 132 valence electrons. The van der Waals surface area contributed by atoms with Crippen molar-refractivity contribution in [3.63, 3.8) is 0 Å². The number of amides is 2. The minimum Gasteiger partial charge on any atom is -0.325 e. The van der Waals surface area contributed by atoms with Crippen LogP contribution in [-0.2, 0) is 16.0 Å². The van der Waals surface area contributed by atoms with Crippen LogP contribution < -0.4 is 10.2 Å². The van der Waals surface area contributed by atoms with Crippen molar-refractivity contribution in [2.45, 2.75) is 45.4 Å². The molecular formula is C19H23N3O2S. The molecule has 1 atom stereocenters. The Bertz CT molecular complexity index is 772. The molecule has 0 bridgehead atoms. The van der Waals surface area contributed by atoms with Crippen molar-refractivity contribution in [2.24, 2.45) is 0 Å².